The molecule has 1 aliphatic carbocycles. The Hall–Kier alpha value is -6.24. The molecule has 6 heterocycles. The minimum absolute atomic E-state index is 0.148. The first kappa shape index (κ1) is 42.1. The molecule has 3 aromatic heterocycles. The van der Waals surface area contributed by atoms with E-state index in [-0.39, 0.29) is 34.7 Å². The fourth-order valence-electron chi connectivity index (χ4n) is 9.16. The van der Waals surface area contributed by atoms with E-state index < -0.39 is 23.8 Å². The van der Waals surface area contributed by atoms with Crippen molar-refractivity contribution in [3.05, 3.63) is 101 Å². The Kier molecular flexibility index (Phi) is 11.9. The maximum absolute atomic E-state index is 13.5. The number of hydrogen-bond donors (Lipinski definition) is 5. The molecule has 3 fully saturated rings. The van der Waals surface area contributed by atoms with Gasteiger partial charge in [0.1, 0.15) is 11.0 Å². The smallest absolute Gasteiger partial charge is 0.328 e. The first-order valence-corrected chi connectivity index (χ1v) is 21.8. The molecule has 5 N–H and O–H groups in total. The first-order chi connectivity index (χ1) is 30.5. The molecule has 9 rings (SSSR count). The summed E-state index contributed by atoms with van der Waals surface area (Å²) in [5.74, 6) is 0.904. The van der Waals surface area contributed by atoms with Crippen molar-refractivity contribution in [2.45, 2.75) is 63.6 Å². The number of piperidine rings is 1. The highest BCUT2D eigenvalue weighted by Crippen LogP contribution is 2.38. The number of nitrogens with one attached hydrogen (secondary N) is 4. The number of fused-ring (bicyclic) bond motifs is 2. The molecule has 18 heteroatoms. The summed E-state index contributed by atoms with van der Waals surface area (Å²) >= 11 is 0. The second-order valence-electron chi connectivity index (χ2n) is 16.9. The number of allylic oxidation sites excluding steroid dienone is 1. The lowest BCUT2D eigenvalue weighted by Gasteiger charge is -2.44. The third-order valence-corrected chi connectivity index (χ3v) is 12.8. The topological polar surface area (TPSA) is 178 Å². The number of rotatable bonds is 15. The molecule has 16 nitrogen and oxygen atoms in total. The predicted octanol–water partition coefficient (Wildman–Crippen LogP) is 5.09. The fourth-order valence-corrected chi connectivity index (χ4v) is 9.16. The Labute approximate surface area is 363 Å². The molecule has 4 aliphatic rings. The Morgan fingerprint density at radius 3 is 2.40 bits per heavy atom. The van der Waals surface area contributed by atoms with Gasteiger partial charge in [0, 0.05) is 92.7 Å². The van der Waals surface area contributed by atoms with Crippen LogP contribution in [0.2, 0.25) is 0 Å². The van der Waals surface area contributed by atoms with Crippen LogP contribution in [-0.2, 0) is 23.4 Å². The van der Waals surface area contributed by atoms with E-state index in [4.69, 9.17) is 4.98 Å². The van der Waals surface area contributed by atoms with Crippen LogP contribution in [0.25, 0.3) is 16.9 Å². The number of anilines is 5. The summed E-state index contributed by atoms with van der Waals surface area (Å²) in [6, 6.07) is 19.4. The lowest BCUT2D eigenvalue weighted by molar-refractivity contribution is -0.120. The van der Waals surface area contributed by atoms with Gasteiger partial charge >= 0.3 is 6.03 Å². The van der Waals surface area contributed by atoms with Crippen molar-refractivity contribution >= 4 is 51.7 Å². The SMILES string of the molecule is CC[C@@]1(O)CCc2ccc(-n3c4nc(Nc5ccc(NCCNC6CCN(CC7CN(c8ccc(N9CCC(=O)NC9=O)cc8)C7)CC6)cc5)ncc4c(=O)n3CC=C(F)F)nc21. The second kappa shape index (κ2) is 17.9. The molecule has 3 saturated heterocycles. The standard InChI is InChI=1S/C45H52F2N12O4/c1-2-45(63)18-13-30-3-12-38(52-40(30)45)59-41-36(42(61)58(59)24-16-37(46)47)25-50-43(54-41)51-33-6-4-31(5-7-33)48-19-20-49-32-14-21-55(22-15-32)26-29-27-56(28-29)34-8-10-35(11-9-34)57-23-17-39(60)53-44(57)62/h3-12,16,25,29,32,48-49,63H,2,13-15,17-24,26-28H2,1H3,(H,50,51,54)(H,53,60,62)/t45-/m1/s1. The van der Waals surface area contributed by atoms with Gasteiger partial charge in [-0.2, -0.15) is 13.8 Å². The van der Waals surface area contributed by atoms with E-state index in [1.165, 1.54) is 10.9 Å². The van der Waals surface area contributed by atoms with Crippen LogP contribution >= 0.6 is 0 Å². The van der Waals surface area contributed by atoms with Crippen molar-refractivity contribution in [1.29, 1.82) is 0 Å². The van der Waals surface area contributed by atoms with Crippen LogP contribution in [0.15, 0.2) is 83.8 Å². The molecule has 3 amide bonds. The quantitative estimate of drug-likeness (QED) is 0.0883. The van der Waals surface area contributed by atoms with Crippen molar-refractivity contribution in [2.24, 2.45) is 5.92 Å². The van der Waals surface area contributed by atoms with Crippen LogP contribution in [0, 0.1) is 5.92 Å². The molecule has 0 bridgehead atoms. The molecule has 0 unspecified atom stereocenters. The monoisotopic (exact) mass is 862 g/mol. The number of carbonyl (C=O) groups is 2. The highest BCUT2D eigenvalue weighted by molar-refractivity contribution is 6.05. The normalized spacial score (nSPS) is 19.6. The van der Waals surface area contributed by atoms with Crippen LogP contribution in [0.1, 0.15) is 50.3 Å². The Balaban J connectivity index is 0.731. The number of benzene rings is 2. The third kappa shape index (κ3) is 9.01. The van der Waals surface area contributed by atoms with Crippen molar-refractivity contribution in [2.75, 3.05) is 72.8 Å². The number of aromatic nitrogens is 5. The second-order valence-corrected chi connectivity index (χ2v) is 16.9. The zero-order chi connectivity index (χ0) is 43.7. The lowest BCUT2D eigenvalue weighted by atomic mass is 9.96. The summed E-state index contributed by atoms with van der Waals surface area (Å²) in [5.41, 5.74) is 3.62. The molecule has 3 aliphatic heterocycles. The van der Waals surface area contributed by atoms with Crippen LogP contribution in [0.5, 0.6) is 0 Å². The van der Waals surface area contributed by atoms with E-state index in [1.54, 1.807) is 11.0 Å². The van der Waals surface area contributed by atoms with Gasteiger partial charge in [-0.3, -0.25) is 19.8 Å². The van der Waals surface area contributed by atoms with E-state index in [0.29, 0.717) is 56.0 Å². The van der Waals surface area contributed by atoms with Gasteiger partial charge in [0.2, 0.25) is 11.9 Å². The zero-order valence-corrected chi connectivity index (χ0v) is 35.2. The number of nitrogens with zero attached hydrogens (tertiary/aromatic N) is 8. The van der Waals surface area contributed by atoms with Gasteiger partial charge in [0.15, 0.2) is 11.5 Å². The van der Waals surface area contributed by atoms with Gasteiger partial charge in [0.05, 0.1) is 12.2 Å². The van der Waals surface area contributed by atoms with Crippen LogP contribution < -0.4 is 36.6 Å². The molecular formula is C45H52F2N12O4. The molecule has 63 heavy (non-hydrogen) atoms. The zero-order valence-electron chi connectivity index (χ0n) is 35.2. The average Bonchev–Trinajstić information content (AvgIpc) is 3.76. The molecule has 0 radical (unpaired) electrons. The molecule has 0 spiro atoms. The van der Waals surface area contributed by atoms with E-state index in [1.807, 2.05) is 49.4 Å². The minimum atomic E-state index is -1.91. The molecule has 0 saturated carbocycles. The van der Waals surface area contributed by atoms with Crippen LogP contribution in [0.4, 0.5) is 42.3 Å². The summed E-state index contributed by atoms with van der Waals surface area (Å²) < 4.78 is 29.1. The van der Waals surface area contributed by atoms with E-state index in [9.17, 15) is 28.3 Å². The van der Waals surface area contributed by atoms with Gasteiger partial charge in [-0.25, -0.2) is 24.1 Å². The van der Waals surface area contributed by atoms with Crippen molar-refractivity contribution < 1.29 is 23.5 Å². The van der Waals surface area contributed by atoms with Gasteiger partial charge in [-0.05, 0) is 105 Å². The number of halogens is 2. The molecule has 5 aromatic rings. The number of pyridine rings is 1. The summed E-state index contributed by atoms with van der Waals surface area (Å²) in [7, 11) is 0. The largest absolute Gasteiger partial charge is 0.384 e. The number of carbonyl (C=O) groups excluding carboxylic acids is 2. The first-order valence-electron chi connectivity index (χ1n) is 21.8. The molecule has 1 atom stereocenters. The number of urea groups is 1. The van der Waals surface area contributed by atoms with Crippen molar-refractivity contribution in [1.82, 2.24) is 39.8 Å². The Morgan fingerprint density at radius 2 is 1.67 bits per heavy atom. The number of aryl methyl sites for hydroxylation is 1. The van der Waals surface area contributed by atoms with Crippen molar-refractivity contribution in [3.8, 4) is 5.82 Å². The Bertz CT molecular complexity index is 2560. The number of hydrogen-bond acceptors (Lipinski definition) is 12. The maximum atomic E-state index is 13.5. The number of amides is 3. The van der Waals surface area contributed by atoms with E-state index in [2.05, 4.69) is 53.2 Å². The van der Waals surface area contributed by atoms with Crippen molar-refractivity contribution in [3.63, 3.8) is 0 Å². The summed E-state index contributed by atoms with van der Waals surface area (Å²) in [6.07, 6.45) is 4.34. The van der Waals surface area contributed by atoms with E-state index in [0.717, 1.165) is 91.6 Å². The van der Waals surface area contributed by atoms with E-state index >= 15 is 0 Å². The lowest BCUT2D eigenvalue weighted by Crippen LogP contribution is -2.53. The summed E-state index contributed by atoms with van der Waals surface area (Å²) in [4.78, 5) is 57.5. The van der Waals surface area contributed by atoms with Gasteiger partial charge in [-0.15, -0.1) is 0 Å². The molecule has 2 aromatic carbocycles. The summed E-state index contributed by atoms with van der Waals surface area (Å²) in [5, 5.41) is 24.1. The average molecular weight is 863 g/mol. The molecule has 330 valence electrons. The minimum Gasteiger partial charge on any atom is -0.384 e. The highest BCUT2D eigenvalue weighted by atomic mass is 19.3. The maximum Gasteiger partial charge on any atom is 0.328 e. The summed E-state index contributed by atoms with van der Waals surface area (Å²) in [6.45, 7) is 8.78. The predicted molar refractivity (Wildman–Crippen MR) is 237 cm³/mol. The molecular weight excluding hydrogens is 811 g/mol. The third-order valence-electron chi connectivity index (χ3n) is 12.8. The number of aliphatic hydroxyl groups is 1. The van der Waals surface area contributed by atoms with Gasteiger partial charge < -0.3 is 30.9 Å². The van der Waals surface area contributed by atoms with Gasteiger partial charge in [0.25, 0.3) is 11.6 Å². The van der Waals surface area contributed by atoms with Crippen LogP contribution in [0.3, 0.4) is 0 Å². The fraction of sp³-hybridized carbons (Fsp3) is 0.422. The van der Waals surface area contributed by atoms with Gasteiger partial charge in [-0.1, -0.05) is 13.0 Å². The van der Waals surface area contributed by atoms with Crippen LogP contribution in [-0.4, -0.2) is 105 Å². The Morgan fingerprint density at radius 1 is 0.921 bits per heavy atom. The highest BCUT2D eigenvalue weighted by Gasteiger charge is 2.37. The number of imide groups is 1. The number of likely N-dealkylation sites (tertiary alicyclic amines) is 1.